The lowest BCUT2D eigenvalue weighted by atomic mass is 10.2. The van der Waals surface area contributed by atoms with Gasteiger partial charge in [0.2, 0.25) is 10.0 Å². The summed E-state index contributed by atoms with van der Waals surface area (Å²) in [6, 6.07) is 9.60. The van der Waals surface area contributed by atoms with E-state index in [1.807, 2.05) is 14.1 Å². The van der Waals surface area contributed by atoms with Crippen molar-refractivity contribution >= 4 is 27.4 Å². The van der Waals surface area contributed by atoms with Gasteiger partial charge >= 0.3 is 0 Å². The van der Waals surface area contributed by atoms with Crippen LogP contribution in [-0.2, 0) is 10.0 Å². The fourth-order valence-electron chi connectivity index (χ4n) is 3.05. The van der Waals surface area contributed by atoms with E-state index in [0.717, 1.165) is 25.7 Å². The molecule has 0 aliphatic carbocycles. The molecule has 9 heteroatoms. The van der Waals surface area contributed by atoms with E-state index in [4.69, 9.17) is 0 Å². The Morgan fingerprint density at radius 1 is 1.04 bits per heavy atom. The van der Waals surface area contributed by atoms with Gasteiger partial charge in [0.25, 0.3) is 5.91 Å². The van der Waals surface area contributed by atoms with Gasteiger partial charge in [-0.1, -0.05) is 18.9 Å². The van der Waals surface area contributed by atoms with Gasteiger partial charge in [-0.3, -0.25) is 4.79 Å². The summed E-state index contributed by atoms with van der Waals surface area (Å²) in [5.41, 5.74) is 0.561. The SMILES string of the molecule is CN(C)c1ccc(C(=O)Nc2cccc(S(=O)(=O)N3CCCCCC3)c2)nn1. The zero-order chi connectivity index (χ0) is 20.1. The summed E-state index contributed by atoms with van der Waals surface area (Å²) < 4.78 is 27.4. The van der Waals surface area contributed by atoms with E-state index < -0.39 is 15.9 Å². The first kappa shape index (κ1) is 20.2. The Morgan fingerprint density at radius 2 is 1.75 bits per heavy atom. The first-order chi connectivity index (χ1) is 13.4. The number of nitrogens with zero attached hydrogens (tertiary/aromatic N) is 4. The Hall–Kier alpha value is -2.52. The van der Waals surface area contributed by atoms with Crippen LogP contribution in [0.15, 0.2) is 41.3 Å². The molecule has 1 aliphatic heterocycles. The number of sulfonamides is 1. The van der Waals surface area contributed by atoms with Gasteiger partial charge in [0.15, 0.2) is 11.5 Å². The molecule has 0 spiro atoms. The van der Waals surface area contributed by atoms with Gasteiger partial charge in [-0.25, -0.2) is 8.42 Å². The summed E-state index contributed by atoms with van der Waals surface area (Å²) in [6.07, 6.45) is 3.85. The highest BCUT2D eigenvalue weighted by atomic mass is 32.2. The molecule has 0 saturated carbocycles. The Kier molecular flexibility index (Phi) is 6.25. The molecule has 1 aromatic carbocycles. The summed E-state index contributed by atoms with van der Waals surface area (Å²) in [5.74, 6) is 0.198. The number of hydrogen-bond acceptors (Lipinski definition) is 6. The van der Waals surface area contributed by atoms with Crippen molar-refractivity contribution in [3.05, 3.63) is 42.1 Å². The van der Waals surface area contributed by atoms with E-state index in [1.54, 1.807) is 35.2 Å². The van der Waals surface area contributed by atoms with Crippen LogP contribution in [0.25, 0.3) is 0 Å². The van der Waals surface area contributed by atoms with E-state index in [1.165, 1.54) is 10.4 Å². The summed E-state index contributed by atoms with van der Waals surface area (Å²) in [7, 11) is 0.0918. The second-order valence-electron chi connectivity index (χ2n) is 6.97. The van der Waals surface area contributed by atoms with Crippen LogP contribution >= 0.6 is 0 Å². The molecule has 0 radical (unpaired) electrons. The number of nitrogens with one attached hydrogen (secondary N) is 1. The molecule has 28 heavy (non-hydrogen) atoms. The van der Waals surface area contributed by atoms with Gasteiger partial charge in [0, 0.05) is 32.9 Å². The van der Waals surface area contributed by atoms with Gasteiger partial charge in [-0.15, -0.1) is 10.2 Å². The van der Waals surface area contributed by atoms with Crippen LogP contribution in [-0.4, -0.2) is 56.0 Å². The molecular formula is C19H25N5O3S. The van der Waals surface area contributed by atoms with Crippen LogP contribution in [0.2, 0.25) is 0 Å². The molecule has 1 fully saturated rings. The smallest absolute Gasteiger partial charge is 0.276 e. The fourth-order valence-corrected chi connectivity index (χ4v) is 4.61. The second-order valence-corrected chi connectivity index (χ2v) is 8.91. The molecule has 2 heterocycles. The first-order valence-electron chi connectivity index (χ1n) is 9.30. The van der Waals surface area contributed by atoms with Gasteiger partial charge in [-0.2, -0.15) is 4.31 Å². The Morgan fingerprint density at radius 3 is 2.36 bits per heavy atom. The maximum Gasteiger partial charge on any atom is 0.276 e. The molecular weight excluding hydrogens is 378 g/mol. The normalized spacial score (nSPS) is 15.6. The zero-order valence-electron chi connectivity index (χ0n) is 16.1. The number of anilines is 2. The molecule has 1 amide bonds. The molecule has 8 nitrogen and oxygen atoms in total. The molecule has 1 aromatic heterocycles. The van der Waals surface area contributed by atoms with Crippen LogP contribution in [0.5, 0.6) is 0 Å². The highest BCUT2D eigenvalue weighted by Crippen LogP contribution is 2.23. The standard InChI is InChI=1S/C19H25N5O3S/c1-23(2)18-11-10-17(21-22-18)19(25)20-15-8-7-9-16(14-15)28(26,27)24-12-5-3-4-6-13-24/h7-11,14H,3-6,12-13H2,1-2H3,(H,20,25). The molecule has 0 atom stereocenters. The van der Waals surface area contributed by atoms with E-state index in [0.29, 0.717) is 24.6 Å². The second kappa shape index (κ2) is 8.66. The highest BCUT2D eigenvalue weighted by molar-refractivity contribution is 7.89. The lowest BCUT2D eigenvalue weighted by Crippen LogP contribution is -2.32. The summed E-state index contributed by atoms with van der Waals surface area (Å²) >= 11 is 0. The first-order valence-corrected chi connectivity index (χ1v) is 10.7. The summed E-state index contributed by atoms with van der Waals surface area (Å²) in [6.45, 7) is 1.07. The van der Waals surface area contributed by atoms with Crippen LogP contribution in [0.3, 0.4) is 0 Å². The van der Waals surface area contributed by atoms with Gasteiger partial charge < -0.3 is 10.2 Å². The van der Waals surface area contributed by atoms with Crippen molar-refractivity contribution in [1.29, 1.82) is 0 Å². The Labute approximate surface area is 165 Å². The monoisotopic (exact) mass is 403 g/mol. The highest BCUT2D eigenvalue weighted by Gasteiger charge is 2.25. The van der Waals surface area contributed by atoms with Crippen molar-refractivity contribution in [1.82, 2.24) is 14.5 Å². The molecule has 1 N–H and O–H groups in total. The molecule has 2 aromatic rings. The fraction of sp³-hybridized carbons (Fsp3) is 0.421. The summed E-state index contributed by atoms with van der Waals surface area (Å²) in [4.78, 5) is 14.4. The van der Waals surface area contributed by atoms with Crippen molar-refractivity contribution in [2.24, 2.45) is 0 Å². The zero-order valence-corrected chi connectivity index (χ0v) is 16.9. The van der Waals surface area contributed by atoms with Crippen LogP contribution in [0.1, 0.15) is 36.2 Å². The lowest BCUT2D eigenvalue weighted by Gasteiger charge is -2.20. The predicted molar refractivity (Wildman–Crippen MR) is 108 cm³/mol. The van der Waals surface area contributed by atoms with E-state index in [9.17, 15) is 13.2 Å². The maximum absolute atomic E-state index is 12.9. The van der Waals surface area contributed by atoms with Crippen molar-refractivity contribution in [3.63, 3.8) is 0 Å². The number of benzene rings is 1. The van der Waals surface area contributed by atoms with E-state index >= 15 is 0 Å². The molecule has 1 aliphatic rings. The van der Waals surface area contributed by atoms with Crippen LogP contribution in [0.4, 0.5) is 11.5 Å². The van der Waals surface area contributed by atoms with Crippen molar-refractivity contribution in [3.8, 4) is 0 Å². The molecule has 0 bridgehead atoms. The minimum atomic E-state index is -3.57. The third kappa shape index (κ3) is 4.66. The third-order valence-corrected chi connectivity index (χ3v) is 6.53. The minimum absolute atomic E-state index is 0.159. The summed E-state index contributed by atoms with van der Waals surface area (Å²) in [5, 5.41) is 10.6. The maximum atomic E-state index is 12.9. The average molecular weight is 404 g/mol. The number of rotatable bonds is 5. The average Bonchev–Trinajstić information content (AvgIpc) is 2.98. The van der Waals surface area contributed by atoms with Gasteiger partial charge in [-0.05, 0) is 43.2 Å². The Bertz CT molecular complexity index is 921. The van der Waals surface area contributed by atoms with Crippen LogP contribution in [0, 0.1) is 0 Å². The van der Waals surface area contributed by atoms with Crippen molar-refractivity contribution in [2.45, 2.75) is 30.6 Å². The number of carbonyl (C=O) groups excluding carboxylic acids is 1. The molecule has 150 valence electrons. The van der Waals surface area contributed by atoms with Crippen molar-refractivity contribution < 1.29 is 13.2 Å². The number of amides is 1. The number of carbonyl (C=O) groups is 1. The molecule has 1 saturated heterocycles. The van der Waals surface area contributed by atoms with Gasteiger partial charge in [0.1, 0.15) is 0 Å². The Balaban J connectivity index is 1.76. The van der Waals surface area contributed by atoms with Gasteiger partial charge in [0.05, 0.1) is 4.90 Å². The quantitative estimate of drug-likeness (QED) is 0.823. The number of aromatic nitrogens is 2. The van der Waals surface area contributed by atoms with E-state index in [2.05, 4.69) is 15.5 Å². The minimum Gasteiger partial charge on any atom is -0.361 e. The van der Waals surface area contributed by atoms with Crippen LogP contribution < -0.4 is 10.2 Å². The largest absolute Gasteiger partial charge is 0.361 e. The number of hydrogen-bond donors (Lipinski definition) is 1. The third-order valence-electron chi connectivity index (χ3n) is 4.64. The molecule has 3 rings (SSSR count). The lowest BCUT2D eigenvalue weighted by molar-refractivity contribution is 0.102. The molecule has 0 unspecified atom stereocenters. The van der Waals surface area contributed by atoms with E-state index in [-0.39, 0.29) is 10.6 Å². The topological polar surface area (TPSA) is 95.5 Å². The van der Waals surface area contributed by atoms with Crippen molar-refractivity contribution in [2.75, 3.05) is 37.4 Å². The predicted octanol–water partition coefficient (Wildman–Crippen LogP) is 2.36.